The lowest BCUT2D eigenvalue weighted by Crippen LogP contribution is -2.24. The number of benzene rings is 2. The lowest BCUT2D eigenvalue weighted by Gasteiger charge is -2.09. The maximum absolute atomic E-state index is 12.1. The Hall–Kier alpha value is -2.24. The number of thioether (sulfide) groups is 1. The van der Waals surface area contributed by atoms with Gasteiger partial charge in [-0.3, -0.25) is 4.79 Å². The molecule has 0 atom stereocenters. The Labute approximate surface area is 156 Å². The molecule has 0 aliphatic carbocycles. The van der Waals surface area contributed by atoms with Crippen LogP contribution in [0.2, 0.25) is 5.02 Å². The van der Waals surface area contributed by atoms with Crippen molar-refractivity contribution in [3.8, 4) is 0 Å². The van der Waals surface area contributed by atoms with Crippen molar-refractivity contribution >= 4 is 29.3 Å². The van der Waals surface area contributed by atoms with Gasteiger partial charge in [0.25, 0.3) is 0 Å². The molecule has 1 heterocycles. The molecule has 0 saturated heterocycles. The van der Waals surface area contributed by atoms with E-state index in [1.807, 2.05) is 53.2 Å². The molecule has 0 fully saturated rings. The number of hydrogen-bond donors (Lipinski definition) is 1. The van der Waals surface area contributed by atoms with Crippen LogP contribution in [0.15, 0.2) is 72.1 Å². The summed E-state index contributed by atoms with van der Waals surface area (Å²) in [5.74, 6) is 0.273. The van der Waals surface area contributed by atoms with Crippen LogP contribution in [0, 0.1) is 0 Å². The van der Waals surface area contributed by atoms with E-state index in [-0.39, 0.29) is 5.91 Å². The minimum atomic E-state index is -0.0424. The van der Waals surface area contributed by atoms with E-state index in [2.05, 4.69) is 22.4 Å². The first-order valence-electron chi connectivity index (χ1n) is 7.90. The maximum Gasteiger partial charge on any atom is 0.230 e. The Morgan fingerprint density at radius 3 is 2.68 bits per heavy atom. The van der Waals surface area contributed by atoms with Crippen LogP contribution in [-0.4, -0.2) is 21.2 Å². The van der Waals surface area contributed by atoms with Crippen LogP contribution in [0.25, 0.3) is 0 Å². The quantitative estimate of drug-likeness (QED) is 0.639. The van der Waals surface area contributed by atoms with Gasteiger partial charge in [0.2, 0.25) is 5.91 Å². The first-order chi connectivity index (χ1) is 12.2. The van der Waals surface area contributed by atoms with Gasteiger partial charge in [-0.15, -0.1) is 0 Å². The van der Waals surface area contributed by atoms with E-state index in [4.69, 9.17) is 11.6 Å². The Balaban J connectivity index is 1.51. The zero-order valence-corrected chi connectivity index (χ0v) is 15.1. The lowest BCUT2D eigenvalue weighted by atomic mass is 10.2. The summed E-state index contributed by atoms with van der Waals surface area (Å²) in [5, 5.41) is 4.38. The van der Waals surface area contributed by atoms with Gasteiger partial charge in [-0.25, -0.2) is 4.98 Å². The Morgan fingerprint density at radius 1 is 1.12 bits per heavy atom. The van der Waals surface area contributed by atoms with Gasteiger partial charge in [-0.1, -0.05) is 71.9 Å². The maximum atomic E-state index is 12.1. The summed E-state index contributed by atoms with van der Waals surface area (Å²) >= 11 is 7.52. The van der Waals surface area contributed by atoms with Crippen LogP contribution in [0.5, 0.6) is 0 Å². The fourth-order valence-corrected chi connectivity index (χ4v) is 3.34. The molecule has 0 aliphatic heterocycles. The highest BCUT2D eigenvalue weighted by molar-refractivity contribution is 7.99. The molecule has 3 aromatic rings. The van der Waals surface area contributed by atoms with Crippen molar-refractivity contribution < 1.29 is 4.79 Å². The van der Waals surface area contributed by atoms with Gasteiger partial charge in [0.1, 0.15) is 0 Å². The molecule has 0 saturated carbocycles. The van der Waals surface area contributed by atoms with Gasteiger partial charge in [0, 0.05) is 30.5 Å². The SMILES string of the molecule is O=C(CSc1nccn1Cc1ccccc1)NCc1ccccc1Cl. The minimum Gasteiger partial charge on any atom is -0.351 e. The van der Waals surface area contributed by atoms with Gasteiger partial charge in [0.15, 0.2) is 5.16 Å². The van der Waals surface area contributed by atoms with E-state index >= 15 is 0 Å². The van der Waals surface area contributed by atoms with Crippen molar-refractivity contribution in [2.45, 2.75) is 18.2 Å². The summed E-state index contributed by atoms with van der Waals surface area (Å²) in [6.45, 7) is 1.17. The topological polar surface area (TPSA) is 46.9 Å². The zero-order chi connectivity index (χ0) is 17.5. The van der Waals surface area contributed by atoms with E-state index in [1.165, 1.54) is 17.3 Å². The van der Waals surface area contributed by atoms with E-state index in [1.54, 1.807) is 6.20 Å². The number of nitrogens with zero attached hydrogens (tertiary/aromatic N) is 2. The average Bonchev–Trinajstić information content (AvgIpc) is 3.07. The van der Waals surface area contributed by atoms with Crippen molar-refractivity contribution in [1.29, 1.82) is 0 Å². The molecule has 1 amide bonds. The second-order valence-corrected chi connectivity index (χ2v) is 6.83. The highest BCUT2D eigenvalue weighted by Gasteiger charge is 2.09. The Bertz CT molecular complexity index is 835. The molecule has 6 heteroatoms. The van der Waals surface area contributed by atoms with Gasteiger partial charge < -0.3 is 9.88 Å². The van der Waals surface area contributed by atoms with Crippen LogP contribution >= 0.6 is 23.4 Å². The summed E-state index contributed by atoms with van der Waals surface area (Å²) in [6.07, 6.45) is 3.68. The predicted molar refractivity (Wildman–Crippen MR) is 102 cm³/mol. The summed E-state index contributed by atoms with van der Waals surface area (Å²) in [6, 6.07) is 17.7. The molecule has 128 valence electrons. The van der Waals surface area contributed by atoms with E-state index in [9.17, 15) is 4.79 Å². The number of imidazole rings is 1. The van der Waals surface area contributed by atoms with Crippen molar-refractivity contribution in [3.05, 3.63) is 83.1 Å². The predicted octanol–water partition coefficient (Wildman–Crippen LogP) is 3.99. The second-order valence-electron chi connectivity index (χ2n) is 5.48. The molecule has 1 aromatic heterocycles. The number of amides is 1. The highest BCUT2D eigenvalue weighted by atomic mass is 35.5. The number of nitrogens with one attached hydrogen (secondary N) is 1. The first-order valence-corrected chi connectivity index (χ1v) is 9.26. The van der Waals surface area contributed by atoms with Gasteiger partial charge in [-0.2, -0.15) is 0 Å². The van der Waals surface area contributed by atoms with Crippen LogP contribution in [0.4, 0.5) is 0 Å². The summed E-state index contributed by atoms with van der Waals surface area (Å²) < 4.78 is 2.04. The number of aromatic nitrogens is 2. The van der Waals surface area contributed by atoms with Crippen molar-refractivity contribution in [1.82, 2.24) is 14.9 Å². The number of halogens is 1. The van der Waals surface area contributed by atoms with Gasteiger partial charge in [-0.05, 0) is 17.2 Å². The van der Waals surface area contributed by atoms with Crippen LogP contribution in [0.3, 0.4) is 0 Å². The summed E-state index contributed by atoms with van der Waals surface area (Å²) in [7, 11) is 0. The second kappa shape index (κ2) is 8.74. The molecule has 0 bridgehead atoms. The number of rotatable bonds is 7. The normalized spacial score (nSPS) is 10.6. The number of carbonyl (C=O) groups excluding carboxylic acids is 1. The van der Waals surface area contributed by atoms with Crippen LogP contribution in [-0.2, 0) is 17.9 Å². The zero-order valence-electron chi connectivity index (χ0n) is 13.6. The summed E-state index contributed by atoms with van der Waals surface area (Å²) in [5.41, 5.74) is 2.11. The lowest BCUT2D eigenvalue weighted by molar-refractivity contribution is -0.118. The van der Waals surface area contributed by atoms with Gasteiger partial charge >= 0.3 is 0 Å². The van der Waals surface area contributed by atoms with Crippen molar-refractivity contribution in [3.63, 3.8) is 0 Å². The molecule has 25 heavy (non-hydrogen) atoms. The monoisotopic (exact) mass is 371 g/mol. The van der Waals surface area contributed by atoms with Crippen molar-refractivity contribution in [2.75, 3.05) is 5.75 Å². The standard InChI is InChI=1S/C19H18ClN3OS/c20-17-9-5-4-8-16(17)12-22-18(24)14-25-19-21-10-11-23(19)13-15-6-2-1-3-7-15/h1-11H,12-14H2,(H,22,24). The van der Waals surface area contributed by atoms with Crippen molar-refractivity contribution in [2.24, 2.45) is 0 Å². The van der Waals surface area contributed by atoms with Crippen LogP contribution < -0.4 is 5.32 Å². The fraction of sp³-hybridized carbons (Fsp3) is 0.158. The fourth-order valence-electron chi connectivity index (χ4n) is 2.35. The molecule has 0 radical (unpaired) electrons. The smallest absolute Gasteiger partial charge is 0.230 e. The molecule has 1 N–H and O–H groups in total. The first kappa shape index (κ1) is 17.6. The summed E-state index contributed by atoms with van der Waals surface area (Å²) in [4.78, 5) is 16.4. The number of carbonyl (C=O) groups is 1. The molecule has 0 aliphatic rings. The minimum absolute atomic E-state index is 0.0424. The van der Waals surface area contributed by atoms with Crippen LogP contribution in [0.1, 0.15) is 11.1 Å². The third-order valence-electron chi connectivity index (χ3n) is 3.64. The Morgan fingerprint density at radius 2 is 1.88 bits per heavy atom. The highest BCUT2D eigenvalue weighted by Crippen LogP contribution is 2.18. The van der Waals surface area contributed by atoms with E-state index in [0.29, 0.717) is 17.3 Å². The molecule has 3 rings (SSSR count). The Kier molecular flexibility index (Phi) is 6.14. The molecule has 2 aromatic carbocycles. The molecule has 0 spiro atoms. The molecular weight excluding hydrogens is 354 g/mol. The third kappa shape index (κ3) is 5.11. The molecule has 0 unspecified atom stereocenters. The number of hydrogen-bond acceptors (Lipinski definition) is 3. The average molecular weight is 372 g/mol. The third-order valence-corrected chi connectivity index (χ3v) is 5.01. The molecule has 4 nitrogen and oxygen atoms in total. The largest absolute Gasteiger partial charge is 0.351 e. The molecular formula is C19H18ClN3OS. The van der Waals surface area contributed by atoms with E-state index in [0.717, 1.165) is 17.3 Å². The van der Waals surface area contributed by atoms with Gasteiger partial charge in [0.05, 0.1) is 5.75 Å². The van der Waals surface area contributed by atoms with E-state index < -0.39 is 0 Å².